The van der Waals surface area contributed by atoms with Crippen LogP contribution in [0.25, 0.3) is 5.65 Å². The lowest BCUT2D eigenvalue weighted by Gasteiger charge is -2.19. The summed E-state index contributed by atoms with van der Waals surface area (Å²) in [6, 6.07) is 10.0. The van der Waals surface area contributed by atoms with Crippen molar-refractivity contribution in [3.05, 3.63) is 60.2 Å². The van der Waals surface area contributed by atoms with Crippen LogP contribution in [0.4, 0.5) is 29.1 Å². The lowest BCUT2D eigenvalue weighted by molar-refractivity contribution is 0.930. The van der Waals surface area contributed by atoms with Crippen LogP contribution in [-0.2, 0) is 0 Å². The summed E-state index contributed by atoms with van der Waals surface area (Å²) in [6.45, 7) is 6.06. The Hall–Kier alpha value is -3.68. The molecule has 0 aliphatic carbocycles. The van der Waals surface area contributed by atoms with Crippen LogP contribution in [0.3, 0.4) is 0 Å². The van der Waals surface area contributed by atoms with Gasteiger partial charge < -0.3 is 19.9 Å². The molecular weight excluding hydrogens is 376 g/mol. The molecule has 0 unspecified atom stereocenters. The standard InChI is InChI=1S/C22H24N8/c1-15-11-16(2)24-18(12-15)26-22-27-19(14-21(28-22)29-7-3-4-8-29)25-17-5-9-30-10-6-23-20(30)13-17/h5-6,9-14H,3-4,7-8H2,1-2H3,(H2,24,25,26,27,28). The van der Waals surface area contributed by atoms with E-state index in [-0.39, 0.29) is 0 Å². The van der Waals surface area contributed by atoms with Gasteiger partial charge >= 0.3 is 0 Å². The second kappa shape index (κ2) is 7.62. The first-order valence-corrected chi connectivity index (χ1v) is 10.2. The Labute approximate surface area is 175 Å². The number of aryl methyl sites for hydroxylation is 2. The van der Waals surface area contributed by atoms with E-state index in [1.54, 1.807) is 6.20 Å². The third kappa shape index (κ3) is 3.89. The fraction of sp³-hybridized carbons (Fsp3) is 0.273. The first-order chi connectivity index (χ1) is 14.6. The number of nitrogens with zero attached hydrogens (tertiary/aromatic N) is 6. The van der Waals surface area contributed by atoms with E-state index in [9.17, 15) is 0 Å². The Morgan fingerprint density at radius 3 is 2.53 bits per heavy atom. The Bertz CT molecular complexity index is 1170. The van der Waals surface area contributed by atoms with Gasteiger partial charge in [0.25, 0.3) is 0 Å². The Balaban J connectivity index is 1.48. The Morgan fingerprint density at radius 2 is 1.70 bits per heavy atom. The molecule has 2 N–H and O–H groups in total. The highest BCUT2D eigenvalue weighted by molar-refractivity contribution is 5.66. The average molecular weight is 400 g/mol. The van der Waals surface area contributed by atoms with Crippen molar-refractivity contribution in [2.45, 2.75) is 26.7 Å². The molecule has 0 spiro atoms. The molecule has 4 aromatic rings. The van der Waals surface area contributed by atoms with Crippen LogP contribution in [0.1, 0.15) is 24.1 Å². The van der Waals surface area contributed by atoms with Gasteiger partial charge in [-0.1, -0.05) is 0 Å². The molecule has 0 bridgehead atoms. The Kier molecular flexibility index (Phi) is 4.66. The molecule has 8 heteroatoms. The van der Waals surface area contributed by atoms with Crippen molar-refractivity contribution in [2.75, 3.05) is 28.6 Å². The van der Waals surface area contributed by atoms with Crippen LogP contribution in [0.2, 0.25) is 0 Å². The van der Waals surface area contributed by atoms with E-state index in [0.29, 0.717) is 5.95 Å². The van der Waals surface area contributed by atoms with Gasteiger partial charge in [-0.05, 0) is 50.5 Å². The van der Waals surface area contributed by atoms with E-state index in [2.05, 4.69) is 32.4 Å². The van der Waals surface area contributed by atoms with E-state index in [0.717, 1.165) is 53.1 Å². The van der Waals surface area contributed by atoms with E-state index in [1.165, 1.54) is 12.8 Å². The maximum Gasteiger partial charge on any atom is 0.232 e. The summed E-state index contributed by atoms with van der Waals surface area (Å²) in [5.41, 5.74) is 3.91. The summed E-state index contributed by atoms with van der Waals surface area (Å²) in [6.07, 6.45) is 8.06. The van der Waals surface area contributed by atoms with Gasteiger partial charge in [-0.25, -0.2) is 9.97 Å². The predicted molar refractivity (Wildman–Crippen MR) is 119 cm³/mol. The van der Waals surface area contributed by atoms with E-state index in [4.69, 9.17) is 9.97 Å². The van der Waals surface area contributed by atoms with Gasteiger partial charge in [0.2, 0.25) is 5.95 Å². The summed E-state index contributed by atoms with van der Waals surface area (Å²) in [5.74, 6) is 2.92. The zero-order valence-electron chi connectivity index (χ0n) is 17.1. The third-order valence-electron chi connectivity index (χ3n) is 5.15. The molecule has 1 aliphatic heterocycles. The van der Waals surface area contributed by atoms with Crippen molar-refractivity contribution in [1.29, 1.82) is 0 Å². The number of hydrogen-bond donors (Lipinski definition) is 2. The molecule has 0 amide bonds. The SMILES string of the molecule is Cc1cc(C)nc(Nc2nc(Nc3ccn4ccnc4c3)cc(N3CCCC3)n2)c1. The van der Waals surface area contributed by atoms with Gasteiger partial charge in [-0.15, -0.1) is 0 Å². The molecule has 0 saturated carbocycles. The number of nitrogens with one attached hydrogen (secondary N) is 2. The number of rotatable bonds is 5. The molecule has 5 heterocycles. The number of aromatic nitrogens is 5. The fourth-order valence-electron chi connectivity index (χ4n) is 3.82. The summed E-state index contributed by atoms with van der Waals surface area (Å²) < 4.78 is 1.97. The van der Waals surface area contributed by atoms with Crippen molar-refractivity contribution in [2.24, 2.45) is 0 Å². The largest absolute Gasteiger partial charge is 0.356 e. The highest BCUT2D eigenvalue weighted by Crippen LogP contribution is 2.26. The molecular formula is C22H24N8. The zero-order chi connectivity index (χ0) is 20.5. The zero-order valence-corrected chi connectivity index (χ0v) is 17.1. The van der Waals surface area contributed by atoms with Crippen molar-refractivity contribution < 1.29 is 0 Å². The smallest absolute Gasteiger partial charge is 0.232 e. The summed E-state index contributed by atoms with van der Waals surface area (Å²) in [5, 5.41) is 6.69. The fourth-order valence-corrected chi connectivity index (χ4v) is 3.82. The predicted octanol–water partition coefficient (Wildman–Crippen LogP) is 4.22. The molecule has 4 aromatic heterocycles. The Morgan fingerprint density at radius 1 is 0.867 bits per heavy atom. The van der Waals surface area contributed by atoms with Gasteiger partial charge in [0.05, 0.1) is 0 Å². The van der Waals surface area contributed by atoms with Crippen molar-refractivity contribution >= 4 is 34.7 Å². The second-order valence-corrected chi connectivity index (χ2v) is 7.66. The topological polar surface area (TPSA) is 83.3 Å². The van der Waals surface area contributed by atoms with E-state index < -0.39 is 0 Å². The third-order valence-corrected chi connectivity index (χ3v) is 5.15. The van der Waals surface area contributed by atoms with Crippen LogP contribution in [0.15, 0.2) is 48.9 Å². The molecule has 5 rings (SSSR count). The van der Waals surface area contributed by atoms with Crippen molar-refractivity contribution in [1.82, 2.24) is 24.3 Å². The highest BCUT2D eigenvalue weighted by atomic mass is 15.3. The van der Waals surface area contributed by atoms with Crippen LogP contribution >= 0.6 is 0 Å². The van der Waals surface area contributed by atoms with Crippen molar-refractivity contribution in [3.8, 4) is 0 Å². The number of imidazole rings is 1. The van der Waals surface area contributed by atoms with Crippen LogP contribution in [0, 0.1) is 13.8 Å². The maximum absolute atomic E-state index is 4.76. The van der Waals surface area contributed by atoms with Gasteiger partial charge in [0, 0.05) is 55.2 Å². The van der Waals surface area contributed by atoms with Gasteiger partial charge in [-0.3, -0.25) is 0 Å². The summed E-state index contributed by atoms with van der Waals surface area (Å²) in [4.78, 5) is 20.7. The van der Waals surface area contributed by atoms with Crippen molar-refractivity contribution in [3.63, 3.8) is 0 Å². The first kappa shape index (κ1) is 18.4. The van der Waals surface area contributed by atoms with E-state index in [1.807, 2.05) is 54.0 Å². The van der Waals surface area contributed by atoms with Crippen LogP contribution < -0.4 is 15.5 Å². The lowest BCUT2D eigenvalue weighted by atomic mass is 10.2. The minimum Gasteiger partial charge on any atom is -0.356 e. The molecule has 8 nitrogen and oxygen atoms in total. The van der Waals surface area contributed by atoms with Gasteiger partial charge in [0.1, 0.15) is 23.1 Å². The normalized spacial score (nSPS) is 13.7. The summed E-state index contributed by atoms with van der Waals surface area (Å²) >= 11 is 0. The quantitative estimate of drug-likeness (QED) is 0.519. The molecule has 152 valence electrons. The number of fused-ring (bicyclic) bond motifs is 1. The maximum atomic E-state index is 4.76. The second-order valence-electron chi connectivity index (χ2n) is 7.66. The minimum atomic E-state index is 0.529. The minimum absolute atomic E-state index is 0.529. The first-order valence-electron chi connectivity index (χ1n) is 10.2. The molecule has 1 aliphatic rings. The molecule has 1 saturated heterocycles. The van der Waals surface area contributed by atoms with Gasteiger partial charge in [0.15, 0.2) is 0 Å². The van der Waals surface area contributed by atoms with E-state index >= 15 is 0 Å². The highest BCUT2D eigenvalue weighted by Gasteiger charge is 2.16. The average Bonchev–Trinajstić information content (AvgIpc) is 3.39. The number of anilines is 5. The molecule has 0 radical (unpaired) electrons. The number of pyridine rings is 2. The molecule has 0 aromatic carbocycles. The monoisotopic (exact) mass is 400 g/mol. The molecule has 0 atom stereocenters. The van der Waals surface area contributed by atoms with Crippen LogP contribution in [0.5, 0.6) is 0 Å². The van der Waals surface area contributed by atoms with Crippen LogP contribution in [-0.4, -0.2) is 37.4 Å². The number of hydrogen-bond acceptors (Lipinski definition) is 7. The molecule has 30 heavy (non-hydrogen) atoms. The summed E-state index contributed by atoms with van der Waals surface area (Å²) in [7, 11) is 0. The molecule has 1 fully saturated rings. The van der Waals surface area contributed by atoms with Gasteiger partial charge in [-0.2, -0.15) is 9.97 Å². The lowest BCUT2D eigenvalue weighted by Crippen LogP contribution is -2.20.